The van der Waals surface area contributed by atoms with Gasteiger partial charge in [-0.15, -0.1) is 0 Å². The lowest BCUT2D eigenvalue weighted by Crippen LogP contribution is -2.33. The zero-order valence-corrected chi connectivity index (χ0v) is 10.6. The molecule has 1 aromatic rings. The second kappa shape index (κ2) is 6.05. The summed E-state index contributed by atoms with van der Waals surface area (Å²) in [4.78, 5) is 22.4. The first-order valence-electron chi connectivity index (χ1n) is 5.79. The number of carboxylic acid groups (broad SMARTS) is 1. The number of rotatable bonds is 5. The number of aliphatic carboxylic acids is 1. The predicted octanol–water partition coefficient (Wildman–Crippen LogP) is 1.56. The van der Waals surface area contributed by atoms with E-state index in [0.717, 1.165) is 5.56 Å². The van der Waals surface area contributed by atoms with Crippen molar-refractivity contribution >= 4 is 17.6 Å². The van der Waals surface area contributed by atoms with Gasteiger partial charge in [0.2, 0.25) is 0 Å². The summed E-state index contributed by atoms with van der Waals surface area (Å²) in [5.74, 6) is -1.14. The quantitative estimate of drug-likeness (QED) is 0.691. The number of nitrogens with two attached hydrogens (primary N) is 1. The third kappa shape index (κ3) is 4.08. The lowest BCUT2D eigenvalue weighted by molar-refractivity contribution is -0.137. The van der Waals surface area contributed by atoms with Gasteiger partial charge in [-0.1, -0.05) is 11.6 Å². The number of hydrogen-bond acceptors (Lipinski definition) is 3. The van der Waals surface area contributed by atoms with Crippen LogP contribution in [0.2, 0.25) is 0 Å². The SMILES string of the molecule is Cc1ccc(N)c(C(=O)NC(C)CCC(=O)O)c1. The Morgan fingerprint density at radius 1 is 1.44 bits per heavy atom. The Balaban J connectivity index is 2.64. The average Bonchev–Trinajstić information content (AvgIpc) is 2.29. The van der Waals surface area contributed by atoms with Crippen LogP contribution in [0.5, 0.6) is 0 Å². The molecule has 0 aliphatic heterocycles. The van der Waals surface area contributed by atoms with Gasteiger partial charge in [0.1, 0.15) is 0 Å². The second-order valence-corrected chi connectivity index (χ2v) is 4.40. The fourth-order valence-electron chi connectivity index (χ4n) is 1.58. The van der Waals surface area contributed by atoms with E-state index in [1.54, 1.807) is 19.1 Å². The van der Waals surface area contributed by atoms with Gasteiger partial charge in [0.05, 0.1) is 5.56 Å². The van der Waals surface area contributed by atoms with Crippen LogP contribution in [-0.4, -0.2) is 23.0 Å². The number of carbonyl (C=O) groups excluding carboxylic acids is 1. The van der Waals surface area contributed by atoms with Crippen LogP contribution < -0.4 is 11.1 Å². The minimum absolute atomic E-state index is 0.0325. The lowest BCUT2D eigenvalue weighted by Gasteiger charge is -2.14. The first-order chi connectivity index (χ1) is 8.40. The third-order valence-corrected chi connectivity index (χ3v) is 2.62. The van der Waals surface area contributed by atoms with Gasteiger partial charge in [-0.2, -0.15) is 0 Å². The standard InChI is InChI=1S/C13H18N2O3/c1-8-3-5-11(14)10(7-8)13(18)15-9(2)4-6-12(16)17/h3,5,7,9H,4,6,14H2,1-2H3,(H,15,18)(H,16,17). The highest BCUT2D eigenvalue weighted by atomic mass is 16.4. The van der Waals surface area contributed by atoms with Gasteiger partial charge in [0, 0.05) is 18.2 Å². The number of benzene rings is 1. The minimum Gasteiger partial charge on any atom is -0.481 e. The molecule has 4 N–H and O–H groups in total. The summed E-state index contributed by atoms with van der Waals surface area (Å²) in [5, 5.41) is 11.3. The summed E-state index contributed by atoms with van der Waals surface area (Å²) in [6, 6.07) is 5.04. The van der Waals surface area contributed by atoms with Gasteiger partial charge in [0.15, 0.2) is 0 Å². The number of carbonyl (C=O) groups is 2. The molecule has 0 radical (unpaired) electrons. The molecule has 5 heteroatoms. The Hall–Kier alpha value is -2.04. The normalized spacial score (nSPS) is 11.9. The van der Waals surface area contributed by atoms with E-state index in [2.05, 4.69) is 5.32 Å². The molecule has 0 aliphatic rings. The van der Waals surface area contributed by atoms with Crippen LogP contribution in [-0.2, 0) is 4.79 Å². The zero-order chi connectivity index (χ0) is 13.7. The van der Waals surface area contributed by atoms with Gasteiger partial charge in [-0.25, -0.2) is 0 Å². The molecule has 1 atom stereocenters. The molecule has 0 aromatic heterocycles. The molecule has 0 bridgehead atoms. The number of carboxylic acids is 1. The van der Waals surface area contributed by atoms with Crippen LogP contribution >= 0.6 is 0 Å². The van der Waals surface area contributed by atoms with Crippen molar-refractivity contribution in [1.82, 2.24) is 5.32 Å². The van der Waals surface area contributed by atoms with Crippen LogP contribution in [0, 0.1) is 6.92 Å². The highest BCUT2D eigenvalue weighted by molar-refractivity contribution is 5.99. The lowest BCUT2D eigenvalue weighted by atomic mass is 10.1. The predicted molar refractivity (Wildman–Crippen MR) is 69.4 cm³/mol. The molecule has 0 spiro atoms. The summed E-state index contributed by atoms with van der Waals surface area (Å²) in [6.45, 7) is 3.65. The van der Waals surface area contributed by atoms with Crippen LogP contribution in [0.3, 0.4) is 0 Å². The molecule has 0 saturated carbocycles. The first-order valence-corrected chi connectivity index (χ1v) is 5.79. The van der Waals surface area contributed by atoms with Crippen LogP contribution in [0.1, 0.15) is 35.7 Å². The maximum atomic E-state index is 11.9. The maximum absolute atomic E-state index is 11.9. The van der Waals surface area contributed by atoms with E-state index in [4.69, 9.17) is 10.8 Å². The van der Waals surface area contributed by atoms with Gasteiger partial charge in [0.25, 0.3) is 5.91 Å². The van der Waals surface area contributed by atoms with E-state index in [-0.39, 0.29) is 18.4 Å². The van der Waals surface area contributed by atoms with Gasteiger partial charge >= 0.3 is 5.97 Å². The molecule has 0 aliphatic carbocycles. The molecular formula is C13H18N2O3. The van der Waals surface area contributed by atoms with E-state index in [9.17, 15) is 9.59 Å². The van der Waals surface area contributed by atoms with Crippen molar-refractivity contribution in [1.29, 1.82) is 0 Å². The Morgan fingerprint density at radius 3 is 2.72 bits per heavy atom. The van der Waals surface area contributed by atoms with Crippen molar-refractivity contribution < 1.29 is 14.7 Å². The number of amides is 1. The summed E-state index contributed by atoms with van der Waals surface area (Å²) >= 11 is 0. The number of anilines is 1. The number of aryl methyl sites for hydroxylation is 1. The number of nitrogens with one attached hydrogen (secondary N) is 1. The molecule has 18 heavy (non-hydrogen) atoms. The van der Waals surface area contributed by atoms with E-state index in [0.29, 0.717) is 17.7 Å². The number of nitrogen functional groups attached to an aromatic ring is 1. The maximum Gasteiger partial charge on any atom is 0.303 e. The molecule has 0 saturated heterocycles. The Kier molecular flexibility index (Phi) is 4.71. The fourth-order valence-corrected chi connectivity index (χ4v) is 1.58. The van der Waals surface area contributed by atoms with Crippen molar-refractivity contribution in [3.05, 3.63) is 29.3 Å². The summed E-state index contributed by atoms with van der Waals surface area (Å²) in [6.07, 6.45) is 0.428. The molecule has 0 heterocycles. The molecule has 1 unspecified atom stereocenters. The van der Waals surface area contributed by atoms with Crippen molar-refractivity contribution in [2.45, 2.75) is 32.7 Å². The highest BCUT2D eigenvalue weighted by Gasteiger charge is 2.13. The van der Waals surface area contributed by atoms with Crippen molar-refractivity contribution in [2.75, 3.05) is 5.73 Å². The van der Waals surface area contributed by atoms with Crippen molar-refractivity contribution in [2.24, 2.45) is 0 Å². The molecular weight excluding hydrogens is 232 g/mol. The van der Waals surface area contributed by atoms with Crippen LogP contribution in [0.25, 0.3) is 0 Å². The molecule has 1 aromatic carbocycles. The van der Waals surface area contributed by atoms with Crippen LogP contribution in [0.4, 0.5) is 5.69 Å². The van der Waals surface area contributed by atoms with E-state index in [1.165, 1.54) is 0 Å². The van der Waals surface area contributed by atoms with E-state index < -0.39 is 5.97 Å². The van der Waals surface area contributed by atoms with Crippen molar-refractivity contribution in [3.8, 4) is 0 Å². The Labute approximate surface area is 106 Å². The van der Waals surface area contributed by atoms with Gasteiger partial charge in [-0.05, 0) is 32.4 Å². The Bertz CT molecular complexity index is 458. The smallest absolute Gasteiger partial charge is 0.303 e. The Morgan fingerprint density at radius 2 is 2.11 bits per heavy atom. The largest absolute Gasteiger partial charge is 0.481 e. The molecule has 98 valence electrons. The summed E-state index contributed by atoms with van der Waals surface area (Å²) in [5.41, 5.74) is 7.53. The van der Waals surface area contributed by atoms with Crippen LogP contribution in [0.15, 0.2) is 18.2 Å². The minimum atomic E-state index is -0.869. The van der Waals surface area contributed by atoms with E-state index >= 15 is 0 Å². The third-order valence-electron chi connectivity index (χ3n) is 2.62. The molecule has 1 rings (SSSR count). The van der Waals surface area contributed by atoms with Gasteiger partial charge in [-0.3, -0.25) is 9.59 Å². The molecule has 0 fully saturated rings. The summed E-state index contributed by atoms with van der Waals surface area (Å²) in [7, 11) is 0. The molecule has 5 nitrogen and oxygen atoms in total. The fraction of sp³-hybridized carbons (Fsp3) is 0.385. The summed E-state index contributed by atoms with van der Waals surface area (Å²) < 4.78 is 0. The second-order valence-electron chi connectivity index (χ2n) is 4.40. The monoisotopic (exact) mass is 250 g/mol. The zero-order valence-electron chi connectivity index (χ0n) is 10.6. The van der Waals surface area contributed by atoms with E-state index in [1.807, 2.05) is 13.0 Å². The number of hydrogen-bond donors (Lipinski definition) is 3. The highest BCUT2D eigenvalue weighted by Crippen LogP contribution is 2.14. The topological polar surface area (TPSA) is 92.4 Å². The first kappa shape index (κ1) is 14.0. The molecule has 1 amide bonds. The van der Waals surface area contributed by atoms with Gasteiger partial charge < -0.3 is 16.2 Å². The van der Waals surface area contributed by atoms with Crippen molar-refractivity contribution in [3.63, 3.8) is 0 Å². The average molecular weight is 250 g/mol.